The van der Waals surface area contributed by atoms with E-state index in [-0.39, 0.29) is 25.7 Å². The Bertz CT molecular complexity index is 1820. The quantitative estimate of drug-likeness (QED) is 0.0222. The van der Waals surface area contributed by atoms with Crippen LogP contribution in [-0.4, -0.2) is 96.7 Å². The molecule has 6 atom stereocenters. The highest BCUT2D eigenvalue weighted by molar-refractivity contribution is 7.47. The average molecular weight is 1350 g/mol. The van der Waals surface area contributed by atoms with Crippen molar-refractivity contribution in [2.45, 2.75) is 382 Å². The summed E-state index contributed by atoms with van der Waals surface area (Å²) in [6, 6.07) is 0. The van der Waals surface area contributed by atoms with Gasteiger partial charge < -0.3 is 33.8 Å². The van der Waals surface area contributed by atoms with Crippen molar-refractivity contribution >= 4 is 39.5 Å². The highest BCUT2D eigenvalue weighted by Gasteiger charge is 2.30. The molecule has 0 saturated heterocycles. The van der Waals surface area contributed by atoms with Crippen molar-refractivity contribution in [1.82, 2.24) is 0 Å². The Kier molecular flexibility index (Phi) is 61.3. The summed E-state index contributed by atoms with van der Waals surface area (Å²) in [6.45, 7) is 14.1. The van der Waals surface area contributed by atoms with Crippen LogP contribution in [0.5, 0.6) is 0 Å². The summed E-state index contributed by atoms with van der Waals surface area (Å²) in [5.41, 5.74) is 0. The maximum atomic E-state index is 13.1. The minimum absolute atomic E-state index is 0.102. The Balaban J connectivity index is 5.22. The van der Waals surface area contributed by atoms with Gasteiger partial charge in [0.05, 0.1) is 26.4 Å². The van der Waals surface area contributed by atoms with Crippen LogP contribution in [0.1, 0.15) is 364 Å². The zero-order chi connectivity index (χ0) is 68.2. The predicted molar refractivity (Wildman–Crippen MR) is 372 cm³/mol. The van der Waals surface area contributed by atoms with Crippen LogP contribution < -0.4 is 0 Å². The van der Waals surface area contributed by atoms with E-state index in [1.165, 1.54) is 167 Å². The van der Waals surface area contributed by atoms with Gasteiger partial charge in [-0.3, -0.25) is 37.3 Å². The molecule has 0 radical (unpaired) electrons. The van der Waals surface area contributed by atoms with Gasteiger partial charge in [-0.15, -0.1) is 0 Å². The Hall–Kier alpha value is -1.94. The highest BCUT2D eigenvalue weighted by Crippen LogP contribution is 2.45. The molecule has 0 aliphatic rings. The van der Waals surface area contributed by atoms with Gasteiger partial charge in [-0.05, 0) is 49.4 Å². The number of hydrogen-bond acceptors (Lipinski definition) is 15. The van der Waals surface area contributed by atoms with Gasteiger partial charge >= 0.3 is 39.5 Å². The fourth-order valence-corrected chi connectivity index (χ4v) is 12.6. The molecule has 92 heavy (non-hydrogen) atoms. The topological polar surface area (TPSA) is 237 Å². The SMILES string of the molecule is CCC(C)CCCCCCCCC(=O)O[C@H](COC(=O)CCCCCCCCCCC(C)C)COP(=O)(O)OCC(O)COP(=O)(O)OC[C@@H](COC(=O)CCCCCCCCCCCCCCCCCC(C)C)OC(=O)CCCCCCCCCCCCC(C)C. The first-order valence-electron chi connectivity index (χ1n) is 37.7. The lowest BCUT2D eigenvalue weighted by molar-refractivity contribution is -0.161. The van der Waals surface area contributed by atoms with E-state index >= 15 is 0 Å². The first-order chi connectivity index (χ1) is 44.1. The van der Waals surface area contributed by atoms with Gasteiger partial charge in [-0.1, -0.05) is 312 Å². The molecule has 0 fully saturated rings. The molecule has 3 N–H and O–H groups in total. The molecule has 0 aromatic rings. The summed E-state index contributed by atoms with van der Waals surface area (Å²) < 4.78 is 68.4. The van der Waals surface area contributed by atoms with Crippen molar-refractivity contribution in [2.24, 2.45) is 23.7 Å². The van der Waals surface area contributed by atoms with Crippen molar-refractivity contribution in [1.29, 1.82) is 0 Å². The minimum atomic E-state index is -4.96. The van der Waals surface area contributed by atoms with Crippen LogP contribution in [0.2, 0.25) is 0 Å². The monoisotopic (exact) mass is 1350 g/mol. The molecule has 0 aliphatic heterocycles. The summed E-state index contributed by atoms with van der Waals surface area (Å²) >= 11 is 0. The third kappa shape index (κ3) is 65.4. The second-order valence-corrected chi connectivity index (χ2v) is 30.9. The number of phosphoric ester groups is 2. The van der Waals surface area contributed by atoms with Crippen molar-refractivity contribution in [3.63, 3.8) is 0 Å². The summed E-state index contributed by atoms with van der Waals surface area (Å²) in [7, 11) is -9.91. The predicted octanol–water partition coefficient (Wildman–Crippen LogP) is 20.9. The largest absolute Gasteiger partial charge is 0.472 e. The number of hydrogen-bond donors (Lipinski definition) is 3. The maximum absolute atomic E-state index is 13.1. The first kappa shape index (κ1) is 90.1. The van der Waals surface area contributed by atoms with E-state index in [2.05, 4.69) is 55.4 Å². The van der Waals surface area contributed by atoms with Gasteiger partial charge in [-0.2, -0.15) is 0 Å². The molecular formula is C73H142O17P2. The molecule has 0 aliphatic carbocycles. The van der Waals surface area contributed by atoms with Gasteiger partial charge in [0, 0.05) is 25.7 Å². The molecule has 0 aromatic carbocycles. The Morgan fingerprint density at radius 1 is 0.304 bits per heavy atom. The smallest absolute Gasteiger partial charge is 0.462 e. The molecular weight excluding hydrogens is 1210 g/mol. The summed E-state index contributed by atoms with van der Waals surface area (Å²) in [6.07, 6.45) is 45.9. The van der Waals surface area contributed by atoms with E-state index in [0.29, 0.717) is 25.7 Å². The lowest BCUT2D eigenvalue weighted by Gasteiger charge is -2.21. The molecule has 0 amide bonds. The van der Waals surface area contributed by atoms with E-state index in [9.17, 15) is 43.2 Å². The number of unbranched alkanes of at least 4 members (excludes halogenated alkanes) is 35. The number of phosphoric acid groups is 2. The van der Waals surface area contributed by atoms with Crippen LogP contribution in [0.25, 0.3) is 0 Å². The van der Waals surface area contributed by atoms with Crippen LogP contribution in [0.4, 0.5) is 0 Å². The van der Waals surface area contributed by atoms with E-state index < -0.39 is 97.5 Å². The lowest BCUT2D eigenvalue weighted by atomic mass is 10.00. The Labute approximate surface area is 562 Å². The fraction of sp³-hybridized carbons (Fsp3) is 0.945. The van der Waals surface area contributed by atoms with Gasteiger partial charge in [0.15, 0.2) is 12.2 Å². The Morgan fingerprint density at radius 3 is 0.772 bits per heavy atom. The van der Waals surface area contributed by atoms with E-state index in [1.807, 2.05) is 0 Å². The molecule has 0 bridgehead atoms. The molecule has 0 heterocycles. The molecule has 17 nitrogen and oxygen atoms in total. The number of aliphatic hydroxyl groups is 1. The van der Waals surface area contributed by atoms with Gasteiger partial charge in [0.25, 0.3) is 0 Å². The fourth-order valence-electron chi connectivity index (χ4n) is 11.0. The minimum Gasteiger partial charge on any atom is -0.462 e. The van der Waals surface area contributed by atoms with Crippen molar-refractivity contribution in [2.75, 3.05) is 39.6 Å². The van der Waals surface area contributed by atoms with Crippen molar-refractivity contribution in [3.8, 4) is 0 Å². The third-order valence-electron chi connectivity index (χ3n) is 17.2. The van der Waals surface area contributed by atoms with Crippen LogP contribution in [0.15, 0.2) is 0 Å². The normalized spacial score (nSPS) is 14.5. The molecule has 4 unspecified atom stereocenters. The number of esters is 4. The molecule has 0 aromatic heterocycles. The number of carbonyl (C=O) groups excluding carboxylic acids is 4. The van der Waals surface area contributed by atoms with E-state index in [4.69, 9.17) is 37.0 Å². The first-order valence-corrected chi connectivity index (χ1v) is 40.7. The van der Waals surface area contributed by atoms with Crippen LogP contribution in [0, 0.1) is 23.7 Å². The summed E-state index contributed by atoms with van der Waals surface area (Å²) in [5.74, 6) is 0.876. The average Bonchev–Trinajstić information content (AvgIpc) is 3.24. The van der Waals surface area contributed by atoms with E-state index in [1.54, 1.807) is 0 Å². The number of carbonyl (C=O) groups is 4. The van der Waals surface area contributed by atoms with Gasteiger partial charge in [0.2, 0.25) is 0 Å². The molecule has 0 saturated carbocycles. The van der Waals surface area contributed by atoms with Gasteiger partial charge in [0.1, 0.15) is 19.3 Å². The van der Waals surface area contributed by atoms with Crippen LogP contribution >= 0.6 is 15.6 Å². The highest BCUT2D eigenvalue weighted by atomic mass is 31.2. The van der Waals surface area contributed by atoms with Crippen molar-refractivity contribution < 1.29 is 80.2 Å². The molecule has 0 spiro atoms. The summed E-state index contributed by atoms with van der Waals surface area (Å²) in [4.78, 5) is 72.6. The molecule has 19 heteroatoms. The second-order valence-electron chi connectivity index (χ2n) is 28.0. The maximum Gasteiger partial charge on any atom is 0.472 e. The zero-order valence-electron chi connectivity index (χ0n) is 60.2. The third-order valence-corrected chi connectivity index (χ3v) is 19.1. The molecule has 0 rings (SSSR count). The van der Waals surface area contributed by atoms with Crippen LogP contribution in [-0.2, 0) is 65.4 Å². The standard InChI is InChI=1S/C73H142O17P2/c1-9-66(8)52-44-36-31-32-40-48-56-73(78)90-69(60-84-71(76)54-46-38-29-24-23-27-35-43-51-65(6)7)62-88-92(81,82)86-58-67(74)57-85-91(79,80)87-61-68(89-72(77)55-47-39-30-22-18-17-20-26-34-42-50-64(4)5)59-83-70(75)53-45-37-28-21-16-14-12-10-11-13-15-19-25-33-41-49-63(2)3/h63-69,74H,9-62H2,1-8H3,(H,79,80)(H,81,82)/t66?,67?,68-,69-/m1/s1. The molecule has 546 valence electrons. The zero-order valence-corrected chi connectivity index (χ0v) is 62.0. The Morgan fingerprint density at radius 2 is 0.522 bits per heavy atom. The number of aliphatic hydroxyl groups excluding tert-OH is 1. The lowest BCUT2D eigenvalue weighted by Crippen LogP contribution is -2.30. The number of rotatable bonds is 70. The second kappa shape index (κ2) is 62.6. The van der Waals surface area contributed by atoms with E-state index in [0.717, 1.165) is 114 Å². The summed E-state index contributed by atoms with van der Waals surface area (Å²) in [5, 5.41) is 10.6. The van der Waals surface area contributed by atoms with Crippen molar-refractivity contribution in [3.05, 3.63) is 0 Å². The van der Waals surface area contributed by atoms with Gasteiger partial charge in [-0.25, -0.2) is 9.13 Å². The van der Waals surface area contributed by atoms with Crippen LogP contribution in [0.3, 0.4) is 0 Å². The number of ether oxygens (including phenoxy) is 4.